The highest BCUT2D eigenvalue weighted by Gasteiger charge is 2.46. The lowest BCUT2D eigenvalue weighted by molar-refractivity contribution is -0.165. The Labute approximate surface area is 118 Å². The van der Waals surface area contributed by atoms with Gasteiger partial charge >= 0.3 is 0 Å². The van der Waals surface area contributed by atoms with Crippen LogP contribution >= 0.6 is 0 Å². The number of hydrogen-bond donors (Lipinski definition) is 0. The van der Waals surface area contributed by atoms with E-state index in [1.165, 1.54) is 0 Å². The molecule has 3 heterocycles. The highest BCUT2D eigenvalue weighted by Crippen LogP contribution is 2.32. The van der Waals surface area contributed by atoms with E-state index in [0.717, 1.165) is 25.0 Å². The molecule has 0 saturated carbocycles. The quantitative estimate of drug-likeness (QED) is 0.829. The van der Waals surface area contributed by atoms with Gasteiger partial charge in [-0.2, -0.15) is 0 Å². The minimum absolute atomic E-state index is 0.0562. The first kappa shape index (κ1) is 13.2. The number of piperidine rings is 1. The molecule has 2 aliphatic heterocycles. The Balaban J connectivity index is 1.90. The van der Waals surface area contributed by atoms with Crippen molar-refractivity contribution >= 4 is 11.8 Å². The average molecular weight is 276 g/mol. The van der Waals surface area contributed by atoms with Gasteiger partial charge in [0.15, 0.2) is 0 Å². The monoisotopic (exact) mass is 276 g/mol. The molecular formula is C15H20N2O3. The minimum Gasteiger partial charge on any atom is -0.467 e. The maximum Gasteiger partial charge on any atom is 0.246 e. The Kier molecular flexibility index (Phi) is 3.28. The number of nitrogens with zero attached hydrogens (tertiary/aromatic N) is 2. The number of hydrogen-bond acceptors (Lipinski definition) is 3. The molecule has 0 aliphatic carbocycles. The number of amides is 2. The number of furan rings is 1. The smallest absolute Gasteiger partial charge is 0.246 e. The fourth-order valence-electron chi connectivity index (χ4n) is 3.37. The summed E-state index contributed by atoms with van der Waals surface area (Å²) in [6.45, 7) is 4.44. The summed E-state index contributed by atoms with van der Waals surface area (Å²) in [7, 11) is 0. The van der Waals surface area contributed by atoms with E-state index in [-0.39, 0.29) is 23.9 Å². The summed E-state index contributed by atoms with van der Waals surface area (Å²) in [5, 5.41) is 0. The lowest BCUT2D eigenvalue weighted by atomic mass is 9.94. The zero-order chi connectivity index (χ0) is 14.3. The van der Waals surface area contributed by atoms with Crippen LogP contribution in [0, 0.1) is 0 Å². The number of rotatable bonds is 2. The molecule has 0 radical (unpaired) electrons. The lowest BCUT2D eigenvalue weighted by Crippen LogP contribution is -2.65. The van der Waals surface area contributed by atoms with E-state index in [9.17, 15) is 9.59 Å². The molecule has 20 heavy (non-hydrogen) atoms. The van der Waals surface area contributed by atoms with E-state index in [1.54, 1.807) is 22.1 Å². The number of carbonyl (C=O) groups is 2. The first-order chi connectivity index (χ1) is 9.61. The average Bonchev–Trinajstić information content (AvgIpc) is 2.99. The van der Waals surface area contributed by atoms with Crippen molar-refractivity contribution in [3.8, 4) is 0 Å². The van der Waals surface area contributed by atoms with Crippen molar-refractivity contribution in [2.45, 2.75) is 51.2 Å². The van der Waals surface area contributed by atoms with Crippen LogP contribution in [0.25, 0.3) is 0 Å². The molecule has 108 valence electrons. The Bertz CT molecular complexity index is 511. The van der Waals surface area contributed by atoms with Crippen molar-refractivity contribution in [1.29, 1.82) is 0 Å². The molecule has 0 aromatic carbocycles. The standard InChI is InChI=1S/C15H20N2O3/c1-10(13-7-5-9-20-13)17-11(2)14(18)16-8-4-3-6-12(16)15(17)19/h5,7,9-12H,3-4,6,8H2,1-2H3. The van der Waals surface area contributed by atoms with E-state index in [1.807, 2.05) is 19.9 Å². The fraction of sp³-hybridized carbons (Fsp3) is 0.600. The summed E-state index contributed by atoms with van der Waals surface area (Å²) in [5.41, 5.74) is 0. The maximum atomic E-state index is 12.7. The second kappa shape index (κ2) is 4.96. The van der Waals surface area contributed by atoms with Crippen LogP contribution in [0.1, 0.15) is 44.9 Å². The first-order valence-electron chi connectivity index (χ1n) is 7.27. The number of carbonyl (C=O) groups excluding carboxylic acids is 2. The van der Waals surface area contributed by atoms with Crippen molar-refractivity contribution in [3.05, 3.63) is 24.2 Å². The summed E-state index contributed by atoms with van der Waals surface area (Å²) in [5.74, 6) is 0.843. The van der Waals surface area contributed by atoms with Crippen LogP contribution in [0.15, 0.2) is 22.8 Å². The molecule has 3 unspecified atom stereocenters. The largest absolute Gasteiger partial charge is 0.467 e. The third-order valence-electron chi connectivity index (χ3n) is 4.47. The van der Waals surface area contributed by atoms with E-state index in [2.05, 4.69) is 0 Å². The minimum atomic E-state index is -0.419. The third kappa shape index (κ3) is 1.92. The topological polar surface area (TPSA) is 53.8 Å². The highest BCUT2D eigenvalue weighted by molar-refractivity contribution is 5.97. The van der Waals surface area contributed by atoms with E-state index in [0.29, 0.717) is 6.54 Å². The van der Waals surface area contributed by atoms with Gasteiger partial charge in [-0.05, 0) is 45.2 Å². The first-order valence-corrected chi connectivity index (χ1v) is 7.27. The van der Waals surface area contributed by atoms with Gasteiger partial charge < -0.3 is 14.2 Å². The predicted octanol–water partition coefficient (Wildman–Crippen LogP) is 1.95. The highest BCUT2D eigenvalue weighted by atomic mass is 16.3. The second-order valence-corrected chi connectivity index (χ2v) is 5.66. The van der Waals surface area contributed by atoms with Gasteiger partial charge in [0.2, 0.25) is 11.8 Å². The fourth-order valence-corrected chi connectivity index (χ4v) is 3.37. The van der Waals surface area contributed by atoms with Gasteiger partial charge in [0.05, 0.1) is 12.3 Å². The van der Waals surface area contributed by atoms with Crippen molar-refractivity contribution in [1.82, 2.24) is 9.80 Å². The van der Waals surface area contributed by atoms with Gasteiger partial charge in [-0.1, -0.05) is 0 Å². The molecule has 5 nitrogen and oxygen atoms in total. The van der Waals surface area contributed by atoms with E-state index < -0.39 is 6.04 Å². The Morgan fingerprint density at radius 2 is 2.10 bits per heavy atom. The summed E-state index contributed by atoms with van der Waals surface area (Å²) < 4.78 is 5.40. The molecule has 0 N–H and O–H groups in total. The normalized spacial score (nSPS) is 28.5. The molecule has 3 rings (SSSR count). The summed E-state index contributed by atoms with van der Waals surface area (Å²) in [4.78, 5) is 28.7. The molecule has 3 atom stereocenters. The number of fused-ring (bicyclic) bond motifs is 1. The zero-order valence-electron chi connectivity index (χ0n) is 11.9. The molecule has 2 fully saturated rings. The summed E-state index contributed by atoms with van der Waals surface area (Å²) >= 11 is 0. The van der Waals surface area contributed by atoms with Gasteiger partial charge in [0.1, 0.15) is 17.8 Å². The van der Waals surface area contributed by atoms with Crippen LogP contribution in [-0.4, -0.2) is 40.2 Å². The van der Waals surface area contributed by atoms with Crippen molar-refractivity contribution in [2.24, 2.45) is 0 Å². The molecule has 2 aliphatic rings. The molecule has 2 saturated heterocycles. The van der Waals surface area contributed by atoms with E-state index >= 15 is 0 Å². The van der Waals surface area contributed by atoms with Crippen LogP contribution in [0.5, 0.6) is 0 Å². The molecule has 2 amide bonds. The van der Waals surface area contributed by atoms with Gasteiger partial charge in [-0.25, -0.2) is 0 Å². The van der Waals surface area contributed by atoms with Crippen LogP contribution in [0.2, 0.25) is 0 Å². The van der Waals surface area contributed by atoms with Gasteiger partial charge in [-0.15, -0.1) is 0 Å². The van der Waals surface area contributed by atoms with Crippen LogP contribution < -0.4 is 0 Å². The molecule has 1 aromatic heterocycles. The third-order valence-corrected chi connectivity index (χ3v) is 4.47. The van der Waals surface area contributed by atoms with Crippen molar-refractivity contribution < 1.29 is 14.0 Å². The van der Waals surface area contributed by atoms with Crippen LogP contribution in [0.3, 0.4) is 0 Å². The van der Waals surface area contributed by atoms with Crippen molar-refractivity contribution in [3.63, 3.8) is 0 Å². The predicted molar refractivity (Wildman–Crippen MR) is 72.8 cm³/mol. The lowest BCUT2D eigenvalue weighted by Gasteiger charge is -2.47. The van der Waals surface area contributed by atoms with Gasteiger partial charge in [0, 0.05) is 6.54 Å². The van der Waals surface area contributed by atoms with Crippen LogP contribution in [-0.2, 0) is 9.59 Å². The Hall–Kier alpha value is -1.78. The Morgan fingerprint density at radius 1 is 1.30 bits per heavy atom. The SMILES string of the molecule is CC1C(=O)N2CCCCC2C(=O)N1C(C)c1ccco1. The van der Waals surface area contributed by atoms with Crippen molar-refractivity contribution in [2.75, 3.05) is 6.54 Å². The molecule has 5 heteroatoms. The van der Waals surface area contributed by atoms with Gasteiger partial charge in [0.25, 0.3) is 0 Å². The molecule has 0 bridgehead atoms. The Morgan fingerprint density at radius 3 is 2.80 bits per heavy atom. The molecular weight excluding hydrogens is 256 g/mol. The van der Waals surface area contributed by atoms with Crippen LogP contribution in [0.4, 0.5) is 0 Å². The summed E-state index contributed by atoms with van der Waals surface area (Å²) in [6, 6.07) is 2.75. The maximum absolute atomic E-state index is 12.7. The second-order valence-electron chi connectivity index (χ2n) is 5.66. The summed E-state index contributed by atoms with van der Waals surface area (Å²) in [6.07, 6.45) is 4.38. The van der Waals surface area contributed by atoms with E-state index in [4.69, 9.17) is 4.42 Å². The zero-order valence-corrected chi connectivity index (χ0v) is 11.9. The number of piperazine rings is 1. The molecule has 1 aromatic rings. The molecule has 0 spiro atoms. The van der Waals surface area contributed by atoms with Gasteiger partial charge in [-0.3, -0.25) is 9.59 Å².